The van der Waals surface area contributed by atoms with Crippen molar-refractivity contribution in [2.75, 3.05) is 6.54 Å². The van der Waals surface area contributed by atoms with Crippen LogP contribution in [0.1, 0.15) is 37.1 Å². The molecule has 1 aromatic heterocycles. The van der Waals surface area contributed by atoms with Crippen molar-refractivity contribution in [3.8, 4) is 11.4 Å². The first kappa shape index (κ1) is 13.8. The molecule has 0 bridgehead atoms. The average molecular weight is 336 g/mol. The Kier molecular flexibility index (Phi) is 3.89. The standard InChI is InChI=1S/C15H18BrN3O/c1-9-3-4-11(8-13(9)16)14-18-15(20-19-14)12-5-6-17-10(2)7-12/h3-4,8,10,12,17H,5-7H2,1-2H3. The molecule has 2 heterocycles. The number of piperidine rings is 1. The van der Waals surface area contributed by atoms with Crippen LogP contribution in [-0.2, 0) is 0 Å². The van der Waals surface area contributed by atoms with E-state index in [1.165, 1.54) is 5.56 Å². The SMILES string of the molecule is Cc1ccc(-c2noc(C3CCNC(C)C3)n2)cc1Br. The van der Waals surface area contributed by atoms with Gasteiger partial charge in [0.15, 0.2) is 0 Å². The molecule has 1 aromatic carbocycles. The maximum absolute atomic E-state index is 5.47. The van der Waals surface area contributed by atoms with Gasteiger partial charge in [-0.3, -0.25) is 0 Å². The third-order valence-electron chi connectivity index (χ3n) is 3.84. The Labute approximate surface area is 127 Å². The minimum atomic E-state index is 0.376. The quantitative estimate of drug-likeness (QED) is 0.909. The molecule has 1 aliphatic heterocycles. The van der Waals surface area contributed by atoms with E-state index in [2.05, 4.69) is 51.3 Å². The minimum Gasteiger partial charge on any atom is -0.339 e. The number of halogens is 1. The van der Waals surface area contributed by atoms with Crippen molar-refractivity contribution in [2.24, 2.45) is 0 Å². The molecule has 3 rings (SSSR count). The van der Waals surface area contributed by atoms with Crippen molar-refractivity contribution in [1.29, 1.82) is 0 Å². The van der Waals surface area contributed by atoms with Gasteiger partial charge in [0.1, 0.15) is 0 Å². The first-order valence-corrected chi connectivity index (χ1v) is 7.76. The highest BCUT2D eigenvalue weighted by atomic mass is 79.9. The summed E-state index contributed by atoms with van der Waals surface area (Å²) in [6.45, 7) is 5.27. The van der Waals surface area contributed by atoms with Gasteiger partial charge >= 0.3 is 0 Å². The van der Waals surface area contributed by atoms with Crippen LogP contribution in [0.15, 0.2) is 27.2 Å². The van der Waals surface area contributed by atoms with E-state index in [9.17, 15) is 0 Å². The second-order valence-electron chi connectivity index (χ2n) is 5.50. The van der Waals surface area contributed by atoms with E-state index in [-0.39, 0.29) is 0 Å². The van der Waals surface area contributed by atoms with Gasteiger partial charge in [-0.05, 0) is 44.9 Å². The zero-order valence-electron chi connectivity index (χ0n) is 11.7. The van der Waals surface area contributed by atoms with Crippen LogP contribution in [-0.4, -0.2) is 22.7 Å². The molecule has 5 heteroatoms. The van der Waals surface area contributed by atoms with Crippen molar-refractivity contribution in [3.05, 3.63) is 34.1 Å². The Morgan fingerprint density at radius 1 is 1.40 bits per heavy atom. The largest absolute Gasteiger partial charge is 0.339 e. The summed E-state index contributed by atoms with van der Waals surface area (Å²) in [7, 11) is 0. The zero-order chi connectivity index (χ0) is 14.1. The topological polar surface area (TPSA) is 51.0 Å². The van der Waals surface area contributed by atoms with Gasteiger partial charge in [-0.1, -0.05) is 33.2 Å². The molecule has 0 saturated carbocycles. The maximum atomic E-state index is 5.47. The summed E-state index contributed by atoms with van der Waals surface area (Å²) in [6.07, 6.45) is 2.11. The Morgan fingerprint density at radius 2 is 2.25 bits per heavy atom. The van der Waals surface area contributed by atoms with Crippen molar-refractivity contribution < 1.29 is 4.52 Å². The van der Waals surface area contributed by atoms with Gasteiger partial charge < -0.3 is 9.84 Å². The third-order valence-corrected chi connectivity index (χ3v) is 4.70. The second kappa shape index (κ2) is 5.66. The Balaban J connectivity index is 1.84. The molecule has 1 N–H and O–H groups in total. The summed E-state index contributed by atoms with van der Waals surface area (Å²) < 4.78 is 6.54. The van der Waals surface area contributed by atoms with Crippen LogP contribution >= 0.6 is 15.9 Å². The molecule has 1 aliphatic rings. The highest BCUT2D eigenvalue weighted by molar-refractivity contribution is 9.10. The fraction of sp³-hybridized carbons (Fsp3) is 0.467. The summed E-state index contributed by atoms with van der Waals surface area (Å²) in [5.74, 6) is 1.82. The summed E-state index contributed by atoms with van der Waals surface area (Å²) in [5, 5.41) is 7.57. The lowest BCUT2D eigenvalue weighted by molar-refractivity contribution is 0.295. The fourth-order valence-electron chi connectivity index (χ4n) is 2.61. The Hall–Kier alpha value is -1.20. The molecule has 2 unspecified atom stereocenters. The van der Waals surface area contributed by atoms with Crippen LogP contribution in [0.3, 0.4) is 0 Å². The molecule has 0 spiro atoms. The van der Waals surface area contributed by atoms with Crippen LogP contribution in [0, 0.1) is 6.92 Å². The van der Waals surface area contributed by atoms with E-state index in [1.807, 2.05) is 12.1 Å². The zero-order valence-corrected chi connectivity index (χ0v) is 13.3. The van der Waals surface area contributed by atoms with Crippen molar-refractivity contribution in [2.45, 2.75) is 38.6 Å². The number of rotatable bonds is 2. The van der Waals surface area contributed by atoms with Gasteiger partial charge in [0.05, 0.1) is 0 Å². The third kappa shape index (κ3) is 2.79. The highest BCUT2D eigenvalue weighted by Crippen LogP contribution is 2.29. The summed E-state index contributed by atoms with van der Waals surface area (Å²) in [4.78, 5) is 4.58. The fourth-order valence-corrected chi connectivity index (χ4v) is 2.99. The van der Waals surface area contributed by atoms with Gasteiger partial charge in [0.25, 0.3) is 0 Å². The second-order valence-corrected chi connectivity index (χ2v) is 6.35. The molecule has 2 aromatic rings. The minimum absolute atomic E-state index is 0.376. The van der Waals surface area contributed by atoms with Gasteiger partial charge in [-0.15, -0.1) is 0 Å². The van der Waals surface area contributed by atoms with Crippen LogP contribution in [0.2, 0.25) is 0 Å². The summed E-state index contributed by atoms with van der Waals surface area (Å²) in [6, 6.07) is 6.63. The van der Waals surface area contributed by atoms with E-state index in [0.29, 0.717) is 17.8 Å². The number of hydrogen-bond donors (Lipinski definition) is 1. The lowest BCUT2D eigenvalue weighted by atomic mass is 9.93. The van der Waals surface area contributed by atoms with E-state index in [0.717, 1.165) is 35.3 Å². The molecule has 0 aliphatic carbocycles. The molecule has 0 radical (unpaired) electrons. The molecule has 2 atom stereocenters. The molecular weight excluding hydrogens is 318 g/mol. The maximum Gasteiger partial charge on any atom is 0.230 e. The summed E-state index contributed by atoms with van der Waals surface area (Å²) >= 11 is 3.54. The molecule has 106 valence electrons. The highest BCUT2D eigenvalue weighted by Gasteiger charge is 2.25. The first-order chi connectivity index (χ1) is 9.63. The smallest absolute Gasteiger partial charge is 0.230 e. The Bertz CT molecular complexity index is 611. The van der Waals surface area contributed by atoms with Gasteiger partial charge in [-0.25, -0.2) is 0 Å². The van der Waals surface area contributed by atoms with Crippen LogP contribution in [0.4, 0.5) is 0 Å². The summed E-state index contributed by atoms with van der Waals surface area (Å²) in [5.41, 5.74) is 2.18. The van der Waals surface area contributed by atoms with Crippen LogP contribution in [0.25, 0.3) is 11.4 Å². The van der Waals surface area contributed by atoms with Gasteiger partial charge in [0.2, 0.25) is 11.7 Å². The predicted octanol–water partition coefficient (Wildman–Crippen LogP) is 3.66. The average Bonchev–Trinajstić information content (AvgIpc) is 2.92. The number of benzene rings is 1. The molecule has 0 amide bonds. The monoisotopic (exact) mass is 335 g/mol. The van der Waals surface area contributed by atoms with Gasteiger partial charge in [0, 0.05) is 22.0 Å². The number of hydrogen-bond acceptors (Lipinski definition) is 4. The van der Waals surface area contributed by atoms with Crippen LogP contribution < -0.4 is 5.32 Å². The lowest BCUT2D eigenvalue weighted by Crippen LogP contribution is -2.34. The van der Waals surface area contributed by atoms with E-state index in [1.54, 1.807) is 0 Å². The molecular formula is C15H18BrN3O. The van der Waals surface area contributed by atoms with Crippen molar-refractivity contribution in [3.63, 3.8) is 0 Å². The normalized spacial score (nSPS) is 22.9. The number of nitrogens with zero attached hydrogens (tertiary/aromatic N) is 2. The molecule has 1 saturated heterocycles. The predicted molar refractivity (Wildman–Crippen MR) is 81.6 cm³/mol. The van der Waals surface area contributed by atoms with Crippen LogP contribution in [0.5, 0.6) is 0 Å². The number of aryl methyl sites for hydroxylation is 1. The lowest BCUT2D eigenvalue weighted by Gasteiger charge is -2.25. The van der Waals surface area contributed by atoms with E-state index < -0.39 is 0 Å². The first-order valence-electron chi connectivity index (χ1n) is 6.97. The number of aromatic nitrogens is 2. The van der Waals surface area contributed by atoms with E-state index >= 15 is 0 Å². The van der Waals surface area contributed by atoms with Crippen molar-refractivity contribution >= 4 is 15.9 Å². The Morgan fingerprint density at radius 3 is 3.00 bits per heavy atom. The number of nitrogens with one attached hydrogen (secondary N) is 1. The van der Waals surface area contributed by atoms with Gasteiger partial charge in [-0.2, -0.15) is 4.98 Å². The molecule has 4 nitrogen and oxygen atoms in total. The van der Waals surface area contributed by atoms with E-state index in [4.69, 9.17) is 4.52 Å². The molecule has 20 heavy (non-hydrogen) atoms. The van der Waals surface area contributed by atoms with Crippen molar-refractivity contribution in [1.82, 2.24) is 15.5 Å². The molecule has 1 fully saturated rings.